The molecule has 5 atom stereocenters. The van der Waals surface area contributed by atoms with Crippen LogP contribution in [0.1, 0.15) is 26.7 Å². The Balaban J connectivity index is 1.86. The smallest absolute Gasteiger partial charge is 0.339 e. The monoisotopic (exact) mass is 262 g/mol. The zero-order chi connectivity index (χ0) is 13.6. The molecule has 0 amide bonds. The summed E-state index contributed by atoms with van der Waals surface area (Å²) >= 11 is 0. The highest BCUT2D eigenvalue weighted by atomic mass is 16.5. The van der Waals surface area contributed by atoms with Crippen LogP contribution in [-0.2, 0) is 9.53 Å². The first kappa shape index (κ1) is 11.7. The average molecular weight is 262 g/mol. The molecular formula is C15H18O4. The third kappa shape index (κ3) is 1.15. The molecule has 1 heterocycles. The van der Waals surface area contributed by atoms with Crippen LogP contribution < -0.4 is 0 Å². The van der Waals surface area contributed by atoms with Crippen molar-refractivity contribution in [3.8, 4) is 0 Å². The molecule has 3 aliphatic carbocycles. The molecule has 0 radical (unpaired) electrons. The highest BCUT2D eigenvalue weighted by Gasteiger charge is 2.72. The molecule has 4 nitrogen and oxygen atoms in total. The molecule has 0 aromatic heterocycles. The van der Waals surface area contributed by atoms with Crippen LogP contribution in [-0.4, -0.2) is 28.4 Å². The number of aliphatic hydroxyl groups is 2. The molecule has 0 aromatic carbocycles. The van der Waals surface area contributed by atoms with E-state index in [-0.39, 0.29) is 29.8 Å². The van der Waals surface area contributed by atoms with Crippen molar-refractivity contribution in [1.82, 2.24) is 0 Å². The number of carbonyl (C=O) groups excluding carboxylic acids is 1. The van der Waals surface area contributed by atoms with Crippen molar-refractivity contribution in [2.45, 2.75) is 32.3 Å². The van der Waals surface area contributed by atoms with Crippen molar-refractivity contribution in [3.05, 3.63) is 23.0 Å². The lowest BCUT2D eigenvalue weighted by Gasteiger charge is -2.42. The van der Waals surface area contributed by atoms with E-state index in [1.807, 2.05) is 6.08 Å². The molecule has 19 heavy (non-hydrogen) atoms. The van der Waals surface area contributed by atoms with Gasteiger partial charge in [0.15, 0.2) is 0 Å². The maximum Gasteiger partial charge on any atom is 0.339 e. The van der Waals surface area contributed by atoms with Crippen LogP contribution in [0.25, 0.3) is 0 Å². The van der Waals surface area contributed by atoms with Gasteiger partial charge in [-0.1, -0.05) is 6.92 Å². The van der Waals surface area contributed by atoms with E-state index in [9.17, 15) is 15.0 Å². The van der Waals surface area contributed by atoms with Gasteiger partial charge in [0.2, 0.25) is 0 Å². The molecule has 2 N–H and O–H groups in total. The number of fused-ring (bicyclic) bond motifs is 4. The summed E-state index contributed by atoms with van der Waals surface area (Å²) in [7, 11) is 0. The van der Waals surface area contributed by atoms with Gasteiger partial charge in [0, 0.05) is 17.1 Å². The largest absolute Gasteiger partial charge is 0.423 e. The third-order valence-electron chi connectivity index (χ3n) is 5.95. The van der Waals surface area contributed by atoms with Crippen molar-refractivity contribution in [1.29, 1.82) is 0 Å². The Morgan fingerprint density at radius 3 is 2.89 bits per heavy atom. The van der Waals surface area contributed by atoms with Crippen LogP contribution in [0.15, 0.2) is 23.0 Å². The summed E-state index contributed by atoms with van der Waals surface area (Å²) in [6.07, 6.45) is 3.62. The normalized spacial score (nSPS) is 50.4. The summed E-state index contributed by atoms with van der Waals surface area (Å²) in [5.74, 6) is 0.999. The predicted octanol–water partition coefficient (Wildman–Crippen LogP) is 1.14. The first-order chi connectivity index (χ1) is 8.91. The first-order valence-corrected chi connectivity index (χ1v) is 6.90. The average Bonchev–Trinajstić information content (AvgIpc) is 3.10. The molecular weight excluding hydrogens is 244 g/mol. The highest BCUT2D eigenvalue weighted by Crippen LogP contribution is 2.72. The number of ether oxygens (including phenoxy) is 1. The zero-order valence-corrected chi connectivity index (χ0v) is 11.1. The minimum absolute atomic E-state index is 0.0167. The second-order valence-corrected chi connectivity index (χ2v) is 6.72. The Labute approximate surface area is 111 Å². The summed E-state index contributed by atoms with van der Waals surface area (Å²) in [4.78, 5) is 11.7. The molecule has 0 aromatic rings. The second-order valence-electron chi connectivity index (χ2n) is 6.72. The molecule has 0 spiro atoms. The van der Waals surface area contributed by atoms with Gasteiger partial charge >= 0.3 is 5.97 Å². The van der Waals surface area contributed by atoms with E-state index in [2.05, 4.69) is 6.92 Å². The van der Waals surface area contributed by atoms with Gasteiger partial charge in [-0.2, -0.15) is 0 Å². The van der Waals surface area contributed by atoms with Crippen LogP contribution in [0.4, 0.5) is 0 Å². The topological polar surface area (TPSA) is 66.8 Å². The molecule has 0 saturated heterocycles. The van der Waals surface area contributed by atoms with Crippen LogP contribution in [0.5, 0.6) is 0 Å². The highest BCUT2D eigenvalue weighted by molar-refractivity contribution is 5.94. The molecule has 0 unspecified atom stereocenters. The van der Waals surface area contributed by atoms with Crippen LogP contribution in [0, 0.1) is 23.2 Å². The van der Waals surface area contributed by atoms with Gasteiger partial charge in [0.1, 0.15) is 5.76 Å². The predicted molar refractivity (Wildman–Crippen MR) is 66.7 cm³/mol. The lowest BCUT2D eigenvalue weighted by Crippen LogP contribution is -2.47. The number of hydrogen-bond donors (Lipinski definition) is 2. The standard InChI is InChI=1S/C15H18O4/c1-7-8-3-12-14(2,5-11(8)19-13(7)17)9-4-10(9)15(12,18)6-16/h5,9-10,12,16,18H,3-4,6H2,1-2H3/t9-,10+,12+,14+,15-/m1/s1. The maximum absolute atomic E-state index is 11.7. The zero-order valence-electron chi connectivity index (χ0n) is 11.1. The van der Waals surface area contributed by atoms with Crippen LogP contribution in [0.2, 0.25) is 0 Å². The number of rotatable bonds is 1. The van der Waals surface area contributed by atoms with Crippen molar-refractivity contribution >= 4 is 5.97 Å². The molecule has 4 heteroatoms. The van der Waals surface area contributed by atoms with Gasteiger partial charge in [-0.15, -0.1) is 0 Å². The van der Waals surface area contributed by atoms with E-state index < -0.39 is 5.60 Å². The van der Waals surface area contributed by atoms with Gasteiger partial charge in [-0.3, -0.25) is 0 Å². The second kappa shape index (κ2) is 3.13. The first-order valence-electron chi connectivity index (χ1n) is 6.90. The SMILES string of the molecule is CC1=C2C[C@H]3[C@@](C)(C=C2OC1=O)[C@@H]1C[C@@H]1[C@]3(O)CO. The van der Waals surface area contributed by atoms with E-state index in [1.165, 1.54) is 0 Å². The molecule has 1 aliphatic heterocycles. The Bertz CT molecular complexity index is 560. The van der Waals surface area contributed by atoms with Crippen molar-refractivity contribution < 1.29 is 19.7 Å². The molecule has 4 aliphatic rings. The lowest BCUT2D eigenvalue weighted by molar-refractivity contribution is -0.133. The van der Waals surface area contributed by atoms with E-state index in [0.29, 0.717) is 23.7 Å². The van der Waals surface area contributed by atoms with Gasteiger partial charge in [0.05, 0.1) is 12.2 Å². The van der Waals surface area contributed by atoms with Gasteiger partial charge in [-0.05, 0) is 43.1 Å². The van der Waals surface area contributed by atoms with E-state index >= 15 is 0 Å². The Morgan fingerprint density at radius 1 is 1.47 bits per heavy atom. The molecule has 2 saturated carbocycles. The third-order valence-corrected chi connectivity index (χ3v) is 5.95. The summed E-state index contributed by atoms with van der Waals surface area (Å²) in [5, 5.41) is 20.5. The minimum Gasteiger partial charge on any atom is -0.423 e. The van der Waals surface area contributed by atoms with Crippen molar-refractivity contribution in [2.75, 3.05) is 6.61 Å². The number of hydrogen-bond acceptors (Lipinski definition) is 4. The number of carbonyl (C=O) groups is 1. The summed E-state index contributed by atoms with van der Waals surface area (Å²) in [6, 6.07) is 0. The van der Waals surface area contributed by atoms with Crippen LogP contribution in [0.3, 0.4) is 0 Å². The Hall–Kier alpha value is -1.13. The Kier molecular flexibility index (Phi) is 1.92. The number of allylic oxidation sites excluding steroid dienone is 2. The van der Waals surface area contributed by atoms with E-state index in [4.69, 9.17) is 4.74 Å². The maximum atomic E-state index is 11.7. The summed E-state index contributed by atoms with van der Waals surface area (Å²) in [5.41, 5.74) is 0.404. The van der Waals surface area contributed by atoms with Crippen molar-refractivity contribution in [2.24, 2.45) is 23.2 Å². The van der Waals surface area contributed by atoms with Gasteiger partial charge in [0.25, 0.3) is 0 Å². The van der Waals surface area contributed by atoms with Crippen LogP contribution >= 0.6 is 0 Å². The van der Waals surface area contributed by atoms with Gasteiger partial charge in [-0.25, -0.2) is 4.79 Å². The fourth-order valence-corrected chi connectivity index (χ4v) is 4.72. The lowest BCUT2D eigenvalue weighted by atomic mass is 9.64. The minimum atomic E-state index is -1.000. The molecule has 2 fully saturated rings. The van der Waals surface area contributed by atoms with Crippen molar-refractivity contribution in [3.63, 3.8) is 0 Å². The number of esters is 1. The molecule has 0 bridgehead atoms. The quantitative estimate of drug-likeness (QED) is 0.695. The molecule has 102 valence electrons. The number of aliphatic hydroxyl groups excluding tert-OH is 1. The fourth-order valence-electron chi connectivity index (χ4n) is 4.72. The van der Waals surface area contributed by atoms with E-state index in [0.717, 1.165) is 12.0 Å². The van der Waals surface area contributed by atoms with Gasteiger partial charge < -0.3 is 14.9 Å². The fraction of sp³-hybridized carbons (Fsp3) is 0.667. The summed E-state index contributed by atoms with van der Waals surface area (Å²) < 4.78 is 5.32. The summed E-state index contributed by atoms with van der Waals surface area (Å²) in [6.45, 7) is 3.70. The molecule has 4 rings (SSSR count). The Morgan fingerprint density at radius 2 is 2.21 bits per heavy atom. The van der Waals surface area contributed by atoms with E-state index in [1.54, 1.807) is 6.92 Å².